The number of nitrogens with zero attached hydrogens (tertiary/aromatic N) is 1. The molecule has 0 spiro atoms. The predicted molar refractivity (Wildman–Crippen MR) is 71.2 cm³/mol. The molecule has 3 nitrogen and oxygen atoms in total. The maximum Gasteiger partial charge on any atom is 0.177 e. The molecule has 17 heavy (non-hydrogen) atoms. The van der Waals surface area contributed by atoms with Crippen molar-refractivity contribution in [3.05, 3.63) is 24.3 Å². The Hall–Kier alpha value is -1.51. The second-order valence-corrected chi connectivity index (χ2v) is 4.84. The van der Waals surface area contributed by atoms with Crippen molar-refractivity contribution in [2.45, 2.75) is 33.1 Å². The summed E-state index contributed by atoms with van der Waals surface area (Å²) < 4.78 is 5.23. The van der Waals surface area contributed by atoms with Gasteiger partial charge in [0.2, 0.25) is 0 Å². The third-order valence-corrected chi connectivity index (χ3v) is 2.88. The monoisotopic (exact) mass is 232 g/mol. The first-order valence-electron chi connectivity index (χ1n) is 6.35. The summed E-state index contributed by atoms with van der Waals surface area (Å²) in [6, 6.07) is 7.93. The average Bonchev–Trinajstić information content (AvgIpc) is 2.72. The number of benzene rings is 1. The van der Waals surface area contributed by atoms with Crippen LogP contribution in [-0.2, 0) is 0 Å². The Morgan fingerprint density at radius 3 is 2.88 bits per heavy atom. The van der Waals surface area contributed by atoms with Gasteiger partial charge in [0.25, 0.3) is 0 Å². The highest BCUT2D eigenvalue weighted by atomic mass is 16.5. The van der Waals surface area contributed by atoms with Gasteiger partial charge < -0.3 is 9.84 Å². The lowest BCUT2D eigenvalue weighted by atomic mass is 10.1. The van der Waals surface area contributed by atoms with Crippen molar-refractivity contribution in [2.24, 2.45) is 5.92 Å². The van der Waals surface area contributed by atoms with E-state index in [0.717, 1.165) is 29.2 Å². The number of para-hydroxylation sites is 1. The van der Waals surface area contributed by atoms with Crippen LogP contribution in [0.1, 0.15) is 33.1 Å². The second-order valence-electron chi connectivity index (χ2n) is 4.84. The molecule has 0 amide bonds. The molecule has 92 valence electrons. The number of aromatic nitrogens is 1. The molecule has 1 aromatic carbocycles. The number of fused-ring (bicyclic) bond motifs is 1. The van der Waals surface area contributed by atoms with Gasteiger partial charge in [-0.15, -0.1) is 0 Å². The van der Waals surface area contributed by atoms with E-state index in [-0.39, 0.29) is 0 Å². The molecule has 0 fully saturated rings. The molecule has 1 aromatic heterocycles. The predicted octanol–water partition coefficient (Wildman–Crippen LogP) is 4.07. The molecule has 0 radical (unpaired) electrons. The molecule has 2 aromatic rings. The van der Waals surface area contributed by atoms with Gasteiger partial charge in [0.05, 0.1) is 5.39 Å². The van der Waals surface area contributed by atoms with Crippen LogP contribution in [0.4, 0.5) is 5.82 Å². The normalized spacial score (nSPS) is 11.2. The van der Waals surface area contributed by atoms with Crippen LogP contribution in [0, 0.1) is 5.92 Å². The Balaban J connectivity index is 1.83. The van der Waals surface area contributed by atoms with Crippen LogP contribution in [0.2, 0.25) is 0 Å². The third kappa shape index (κ3) is 3.22. The lowest BCUT2D eigenvalue weighted by Crippen LogP contribution is -2.02. The van der Waals surface area contributed by atoms with Gasteiger partial charge in [-0.25, -0.2) is 0 Å². The number of nitrogens with one attached hydrogen (secondary N) is 1. The van der Waals surface area contributed by atoms with Crippen LogP contribution in [0.25, 0.3) is 11.0 Å². The van der Waals surface area contributed by atoms with E-state index in [1.54, 1.807) is 0 Å². The van der Waals surface area contributed by atoms with Crippen molar-refractivity contribution < 1.29 is 4.52 Å². The molecule has 1 N–H and O–H groups in total. The molecule has 3 heteroatoms. The van der Waals surface area contributed by atoms with Crippen molar-refractivity contribution in [3.63, 3.8) is 0 Å². The van der Waals surface area contributed by atoms with E-state index < -0.39 is 0 Å². The summed E-state index contributed by atoms with van der Waals surface area (Å²) in [4.78, 5) is 0. The largest absolute Gasteiger partial charge is 0.367 e. The van der Waals surface area contributed by atoms with E-state index in [2.05, 4.69) is 24.3 Å². The van der Waals surface area contributed by atoms with Crippen LogP contribution in [0.3, 0.4) is 0 Å². The molecular weight excluding hydrogens is 212 g/mol. The zero-order valence-electron chi connectivity index (χ0n) is 10.6. The Morgan fingerprint density at radius 1 is 1.24 bits per heavy atom. The zero-order chi connectivity index (χ0) is 12.1. The highest BCUT2D eigenvalue weighted by Gasteiger charge is 2.05. The van der Waals surface area contributed by atoms with E-state index in [1.165, 1.54) is 19.3 Å². The first kappa shape index (κ1) is 12.0. The topological polar surface area (TPSA) is 38.1 Å². The first-order chi connectivity index (χ1) is 8.27. The number of unbranched alkanes of at least 4 members (excludes halogenated alkanes) is 1. The Morgan fingerprint density at radius 2 is 2.06 bits per heavy atom. The molecule has 0 atom stereocenters. The lowest BCUT2D eigenvalue weighted by Gasteiger charge is -2.05. The van der Waals surface area contributed by atoms with Gasteiger partial charge in [0.15, 0.2) is 11.4 Å². The highest BCUT2D eigenvalue weighted by molar-refractivity contribution is 5.87. The quantitative estimate of drug-likeness (QED) is 0.763. The molecule has 0 aliphatic rings. The molecule has 1 heterocycles. The zero-order valence-corrected chi connectivity index (χ0v) is 10.6. The fraction of sp³-hybridized carbons (Fsp3) is 0.500. The van der Waals surface area contributed by atoms with Crippen LogP contribution < -0.4 is 5.32 Å². The molecule has 0 unspecified atom stereocenters. The molecule has 0 saturated carbocycles. The van der Waals surface area contributed by atoms with Crippen molar-refractivity contribution in [3.8, 4) is 0 Å². The number of anilines is 1. The van der Waals surface area contributed by atoms with Gasteiger partial charge in [0, 0.05) is 6.54 Å². The van der Waals surface area contributed by atoms with Crippen molar-refractivity contribution >= 4 is 16.8 Å². The summed E-state index contributed by atoms with van der Waals surface area (Å²) in [5.74, 6) is 1.66. The minimum absolute atomic E-state index is 0.794. The van der Waals surface area contributed by atoms with Gasteiger partial charge in [0.1, 0.15) is 0 Å². The van der Waals surface area contributed by atoms with E-state index in [1.807, 2.05) is 24.3 Å². The van der Waals surface area contributed by atoms with Crippen LogP contribution in [-0.4, -0.2) is 11.7 Å². The maximum absolute atomic E-state index is 5.23. The summed E-state index contributed by atoms with van der Waals surface area (Å²) >= 11 is 0. The summed E-state index contributed by atoms with van der Waals surface area (Å²) in [5, 5.41) is 8.44. The van der Waals surface area contributed by atoms with Crippen LogP contribution >= 0.6 is 0 Å². The number of rotatable bonds is 6. The van der Waals surface area contributed by atoms with Crippen molar-refractivity contribution in [2.75, 3.05) is 11.9 Å². The third-order valence-electron chi connectivity index (χ3n) is 2.88. The molecule has 0 aliphatic heterocycles. The minimum Gasteiger partial charge on any atom is -0.367 e. The van der Waals surface area contributed by atoms with Gasteiger partial charge in [-0.2, -0.15) is 0 Å². The molecule has 0 saturated heterocycles. The number of hydrogen-bond donors (Lipinski definition) is 1. The SMILES string of the molecule is CC(C)CCCCNc1noc2ccccc12. The van der Waals surface area contributed by atoms with Gasteiger partial charge in [-0.3, -0.25) is 0 Å². The van der Waals surface area contributed by atoms with Gasteiger partial charge >= 0.3 is 0 Å². The van der Waals surface area contributed by atoms with Gasteiger partial charge in [-0.1, -0.05) is 44.0 Å². The van der Waals surface area contributed by atoms with E-state index in [9.17, 15) is 0 Å². The van der Waals surface area contributed by atoms with E-state index in [4.69, 9.17) is 4.52 Å². The first-order valence-corrected chi connectivity index (χ1v) is 6.35. The van der Waals surface area contributed by atoms with E-state index in [0.29, 0.717) is 0 Å². The number of hydrogen-bond acceptors (Lipinski definition) is 3. The van der Waals surface area contributed by atoms with E-state index >= 15 is 0 Å². The standard InChI is InChI=1S/C14H20N2O/c1-11(2)7-5-6-10-15-14-12-8-3-4-9-13(12)17-16-14/h3-4,8-9,11H,5-7,10H2,1-2H3,(H,15,16). The van der Waals surface area contributed by atoms with Crippen LogP contribution in [0.5, 0.6) is 0 Å². The summed E-state index contributed by atoms with van der Waals surface area (Å²) in [6.07, 6.45) is 3.74. The molecule has 0 aliphatic carbocycles. The summed E-state index contributed by atoms with van der Waals surface area (Å²) in [5.41, 5.74) is 0.845. The maximum atomic E-state index is 5.23. The van der Waals surface area contributed by atoms with Gasteiger partial charge in [-0.05, 0) is 24.5 Å². The summed E-state index contributed by atoms with van der Waals surface area (Å²) in [6.45, 7) is 5.49. The fourth-order valence-electron chi connectivity index (χ4n) is 1.90. The Kier molecular flexibility index (Phi) is 4.02. The van der Waals surface area contributed by atoms with Crippen molar-refractivity contribution in [1.82, 2.24) is 5.16 Å². The Bertz CT molecular complexity index is 462. The average molecular weight is 232 g/mol. The summed E-state index contributed by atoms with van der Waals surface area (Å²) in [7, 11) is 0. The van der Waals surface area contributed by atoms with Crippen molar-refractivity contribution in [1.29, 1.82) is 0 Å². The highest BCUT2D eigenvalue weighted by Crippen LogP contribution is 2.21. The molecule has 2 rings (SSSR count). The lowest BCUT2D eigenvalue weighted by molar-refractivity contribution is 0.459. The molecular formula is C14H20N2O. The fourth-order valence-corrected chi connectivity index (χ4v) is 1.90. The smallest absolute Gasteiger partial charge is 0.177 e. The van der Waals surface area contributed by atoms with Crippen LogP contribution in [0.15, 0.2) is 28.8 Å². The minimum atomic E-state index is 0.794. The molecule has 0 bridgehead atoms. The Labute approximate surface area is 102 Å². The second kappa shape index (κ2) is 5.71.